The van der Waals surface area contributed by atoms with Crippen LogP contribution < -0.4 is 5.32 Å². The monoisotopic (exact) mass is 181 g/mol. The summed E-state index contributed by atoms with van der Waals surface area (Å²) in [5.74, 6) is 1.80. The van der Waals surface area contributed by atoms with Gasteiger partial charge >= 0.3 is 0 Å². The molecule has 76 valence electrons. The maximum atomic E-state index is 3.56. The van der Waals surface area contributed by atoms with Gasteiger partial charge in [0.25, 0.3) is 0 Å². The molecule has 1 heteroatoms. The molecule has 1 fully saturated rings. The number of nitrogens with one attached hydrogen (secondary N) is 1. The molecule has 1 N–H and O–H groups in total. The average Bonchev–Trinajstić information content (AvgIpc) is 2.84. The molecule has 2 atom stereocenters. The topological polar surface area (TPSA) is 12.0 Å². The molecule has 0 aromatic heterocycles. The Balaban J connectivity index is 2.49. The Kier molecular flexibility index (Phi) is 3.98. The molecule has 1 nitrogen and oxygen atoms in total. The molecule has 1 rings (SSSR count). The van der Waals surface area contributed by atoms with Gasteiger partial charge in [-0.3, -0.25) is 0 Å². The summed E-state index contributed by atoms with van der Waals surface area (Å²) in [5.41, 5.74) is 1.43. The van der Waals surface area contributed by atoms with Crippen molar-refractivity contribution in [1.29, 1.82) is 0 Å². The van der Waals surface area contributed by atoms with E-state index in [1.54, 1.807) is 0 Å². The van der Waals surface area contributed by atoms with Crippen LogP contribution in [0.2, 0.25) is 0 Å². The molecule has 1 aliphatic carbocycles. The van der Waals surface area contributed by atoms with E-state index in [1.807, 2.05) is 0 Å². The summed E-state index contributed by atoms with van der Waals surface area (Å²) in [6.07, 6.45) is 5.27. The van der Waals surface area contributed by atoms with Gasteiger partial charge in [-0.2, -0.15) is 0 Å². The predicted octanol–water partition coefficient (Wildman–Crippen LogP) is 2.98. The lowest BCUT2D eigenvalue weighted by Crippen LogP contribution is -2.34. The first-order valence-electron chi connectivity index (χ1n) is 5.53. The second kappa shape index (κ2) is 4.80. The molecule has 13 heavy (non-hydrogen) atoms. The van der Waals surface area contributed by atoms with Crippen molar-refractivity contribution < 1.29 is 0 Å². The van der Waals surface area contributed by atoms with Crippen molar-refractivity contribution in [1.82, 2.24) is 5.32 Å². The predicted molar refractivity (Wildman–Crippen MR) is 58.8 cm³/mol. The van der Waals surface area contributed by atoms with Gasteiger partial charge in [0.2, 0.25) is 0 Å². The molecule has 0 heterocycles. The van der Waals surface area contributed by atoms with Crippen LogP contribution in [0, 0.1) is 11.8 Å². The third kappa shape index (κ3) is 3.51. The van der Waals surface area contributed by atoms with Gasteiger partial charge in [-0.1, -0.05) is 25.5 Å². The number of hydrogen-bond donors (Lipinski definition) is 1. The molecule has 1 aliphatic rings. The second-order valence-corrected chi connectivity index (χ2v) is 4.52. The normalized spacial score (nSPS) is 20.9. The van der Waals surface area contributed by atoms with Gasteiger partial charge in [-0.05, 0) is 45.1 Å². The first kappa shape index (κ1) is 10.8. The van der Waals surface area contributed by atoms with E-state index in [9.17, 15) is 0 Å². The number of likely N-dealkylation sites (N-methyl/N-ethyl adjacent to an activating group) is 1. The van der Waals surface area contributed by atoms with Gasteiger partial charge in [-0.25, -0.2) is 0 Å². The fourth-order valence-corrected chi connectivity index (χ4v) is 1.91. The molecule has 1 saturated carbocycles. The third-order valence-corrected chi connectivity index (χ3v) is 2.88. The van der Waals surface area contributed by atoms with Crippen LogP contribution in [0.4, 0.5) is 0 Å². The molecular formula is C12H23N. The van der Waals surface area contributed by atoms with E-state index in [2.05, 4.69) is 39.1 Å². The first-order valence-corrected chi connectivity index (χ1v) is 5.53. The molecule has 0 saturated heterocycles. The lowest BCUT2D eigenvalue weighted by molar-refractivity contribution is 0.398. The molecule has 0 spiro atoms. The number of allylic oxidation sites excluding steroid dienone is 1. The molecule has 0 aliphatic heterocycles. The summed E-state index contributed by atoms with van der Waals surface area (Å²) < 4.78 is 0. The van der Waals surface area contributed by atoms with Crippen LogP contribution in [-0.4, -0.2) is 12.6 Å². The third-order valence-electron chi connectivity index (χ3n) is 2.88. The minimum atomic E-state index is 0.600. The second-order valence-electron chi connectivity index (χ2n) is 4.52. The lowest BCUT2D eigenvalue weighted by atomic mass is 9.95. The van der Waals surface area contributed by atoms with Crippen molar-refractivity contribution in [2.24, 2.45) is 11.8 Å². The Morgan fingerprint density at radius 3 is 2.46 bits per heavy atom. The highest BCUT2D eigenvalue weighted by atomic mass is 14.9. The zero-order valence-electron chi connectivity index (χ0n) is 9.43. The van der Waals surface area contributed by atoms with Gasteiger partial charge in [0.1, 0.15) is 0 Å². The largest absolute Gasteiger partial charge is 0.311 e. The van der Waals surface area contributed by atoms with Crippen LogP contribution >= 0.6 is 0 Å². The minimum Gasteiger partial charge on any atom is -0.311 e. The highest BCUT2D eigenvalue weighted by Crippen LogP contribution is 2.38. The Labute approximate surface area is 82.6 Å². The first-order chi connectivity index (χ1) is 6.15. The molecule has 0 aromatic carbocycles. The smallest absolute Gasteiger partial charge is 0.0280 e. The van der Waals surface area contributed by atoms with Crippen molar-refractivity contribution in [2.45, 2.75) is 46.6 Å². The van der Waals surface area contributed by atoms with E-state index in [0.29, 0.717) is 6.04 Å². The zero-order valence-corrected chi connectivity index (χ0v) is 9.43. The minimum absolute atomic E-state index is 0.600. The Morgan fingerprint density at radius 2 is 2.08 bits per heavy atom. The van der Waals surface area contributed by atoms with Crippen LogP contribution in [0.1, 0.15) is 40.5 Å². The zero-order chi connectivity index (χ0) is 9.84. The number of rotatable bonds is 5. The average molecular weight is 181 g/mol. The van der Waals surface area contributed by atoms with Crippen molar-refractivity contribution in [2.75, 3.05) is 6.54 Å². The van der Waals surface area contributed by atoms with E-state index in [0.717, 1.165) is 18.4 Å². The van der Waals surface area contributed by atoms with E-state index < -0.39 is 0 Å². The van der Waals surface area contributed by atoms with Crippen LogP contribution in [0.5, 0.6) is 0 Å². The fourth-order valence-electron chi connectivity index (χ4n) is 1.91. The lowest BCUT2D eigenvalue weighted by Gasteiger charge is -2.22. The van der Waals surface area contributed by atoms with Crippen molar-refractivity contribution in [3.05, 3.63) is 11.6 Å². The molecule has 0 radical (unpaired) electrons. The van der Waals surface area contributed by atoms with Crippen molar-refractivity contribution in [3.8, 4) is 0 Å². The Hall–Kier alpha value is -0.300. The van der Waals surface area contributed by atoms with Gasteiger partial charge in [0.05, 0.1) is 0 Å². The number of hydrogen-bond acceptors (Lipinski definition) is 1. The van der Waals surface area contributed by atoms with Crippen LogP contribution in [-0.2, 0) is 0 Å². The maximum absolute atomic E-state index is 3.56. The quantitative estimate of drug-likeness (QED) is 0.643. The summed E-state index contributed by atoms with van der Waals surface area (Å²) in [4.78, 5) is 0. The SMILES string of the molecule is CCNC(C=C(C)C)C(C)C1CC1. The summed E-state index contributed by atoms with van der Waals surface area (Å²) in [5, 5.41) is 3.56. The summed E-state index contributed by atoms with van der Waals surface area (Å²) in [7, 11) is 0. The molecular weight excluding hydrogens is 158 g/mol. The molecule has 0 aromatic rings. The van der Waals surface area contributed by atoms with E-state index in [4.69, 9.17) is 0 Å². The molecule has 0 bridgehead atoms. The summed E-state index contributed by atoms with van der Waals surface area (Å²) in [6, 6.07) is 0.600. The highest BCUT2D eigenvalue weighted by Gasteiger charge is 2.31. The molecule has 2 unspecified atom stereocenters. The molecule has 0 amide bonds. The van der Waals surface area contributed by atoms with Gasteiger partial charge < -0.3 is 5.32 Å². The summed E-state index contributed by atoms with van der Waals surface area (Å²) >= 11 is 0. The van der Waals surface area contributed by atoms with Crippen LogP contribution in [0.15, 0.2) is 11.6 Å². The Bertz CT molecular complexity index is 176. The maximum Gasteiger partial charge on any atom is 0.0280 e. The van der Waals surface area contributed by atoms with Crippen LogP contribution in [0.25, 0.3) is 0 Å². The van der Waals surface area contributed by atoms with Gasteiger partial charge in [-0.15, -0.1) is 0 Å². The van der Waals surface area contributed by atoms with E-state index in [-0.39, 0.29) is 0 Å². The van der Waals surface area contributed by atoms with E-state index in [1.165, 1.54) is 18.4 Å². The highest BCUT2D eigenvalue weighted by molar-refractivity contribution is 5.04. The standard InChI is InChI=1S/C12H23N/c1-5-13-12(8-9(2)3)10(4)11-6-7-11/h8,10-13H,5-7H2,1-4H3. The van der Waals surface area contributed by atoms with E-state index >= 15 is 0 Å². The van der Waals surface area contributed by atoms with Crippen molar-refractivity contribution in [3.63, 3.8) is 0 Å². The summed E-state index contributed by atoms with van der Waals surface area (Å²) in [6.45, 7) is 10.0. The van der Waals surface area contributed by atoms with Gasteiger partial charge in [0.15, 0.2) is 0 Å². The van der Waals surface area contributed by atoms with Crippen molar-refractivity contribution >= 4 is 0 Å². The Morgan fingerprint density at radius 1 is 1.46 bits per heavy atom. The fraction of sp³-hybridized carbons (Fsp3) is 0.833. The van der Waals surface area contributed by atoms with Crippen LogP contribution in [0.3, 0.4) is 0 Å². The van der Waals surface area contributed by atoms with Gasteiger partial charge in [0, 0.05) is 6.04 Å².